The third-order valence-corrected chi connectivity index (χ3v) is 4.87. The number of nitriles is 1. The Morgan fingerprint density at radius 1 is 1.28 bits per heavy atom. The standard InChI is InChI=1S/C19H14ClF2N5O2/c20-18-6-17(15(22)8-24-18)29-14-9-26(10-14)19(28)27-16(1-2-25-27)12-3-11(7-23)4-13(21)5-12/h2-6,8,14,16H,1,9-10H2/t16-/m0/s1. The quantitative estimate of drug-likeness (QED) is 0.716. The Hall–Kier alpha value is -3.25. The van der Waals surface area contributed by atoms with Gasteiger partial charge < -0.3 is 9.64 Å². The van der Waals surface area contributed by atoms with E-state index in [-0.39, 0.29) is 35.6 Å². The number of likely N-dealkylation sites (tertiary alicyclic amines) is 1. The third-order valence-electron chi connectivity index (χ3n) is 4.66. The van der Waals surface area contributed by atoms with Gasteiger partial charge in [-0.1, -0.05) is 11.6 Å². The number of hydrazone groups is 1. The second-order valence-electron chi connectivity index (χ2n) is 6.64. The SMILES string of the molecule is N#Cc1cc(F)cc([C@@H]2CC=NN2C(=O)N2CC(Oc3cc(Cl)ncc3F)C2)c1. The Balaban J connectivity index is 1.41. The number of nitrogens with zero attached hydrogens (tertiary/aromatic N) is 5. The van der Waals surface area contributed by atoms with Gasteiger partial charge in [-0.05, 0) is 23.8 Å². The molecule has 1 atom stereocenters. The van der Waals surface area contributed by atoms with Crippen LogP contribution in [-0.2, 0) is 0 Å². The summed E-state index contributed by atoms with van der Waals surface area (Å²) in [5.41, 5.74) is 0.670. The molecule has 7 nitrogen and oxygen atoms in total. The maximum absolute atomic E-state index is 13.8. The van der Waals surface area contributed by atoms with Gasteiger partial charge in [0.15, 0.2) is 11.6 Å². The average Bonchev–Trinajstić information content (AvgIpc) is 3.15. The first-order chi connectivity index (χ1) is 13.9. The molecule has 29 heavy (non-hydrogen) atoms. The van der Waals surface area contributed by atoms with E-state index in [1.165, 1.54) is 22.0 Å². The molecule has 4 rings (SSSR count). The van der Waals surface area contributed by atoms with Crippen LogP contribution in [0.4, 0.5) is 13.6 Å². The number of hydrogen-bond donors (Lipinski definition) is 0. The van der Waals surface area contributed by atoms with Crippen LogP contribution in [-0.4, -0.2) is 46.3 Å². The first kappa shape index (κ1) is 19.1. The molecule has 0 saturated carbocycles. The van der Waals surface area contributed by atoms with Crippen molar-refractivity contribution >= 4 is 23.8 Å². The van der Waals surface area contributed by atoms with Gasteiger partial charge in [-0.2, -0.15) is 10.4 Å². The Labute approximate surface area is 169 Å². The van der Waals surface area contributed by atoms with Crippen LogP contribution >= 0.6 is 11.6 Å². The molecule has 2 aliphatic rings. The number of carbonyl (C=O) groups is 1. The molecule has 148 valence electrons. The van der Waals surface area contributed by atoms with E-state index in [2.05, 4.69) is 10.1 Å². The lowest BCUT2D eigenvalue weighted by molar-refractivity contribution is 0.0256. The average molecular weight is 418 g/mol. The van der Waals surface area contributed by atoms with Crippen LogP contribution in [0.3, 0.4) is 0 Å². The molecule has 0 spiro atoms. The van der Waals surface area contributed by atoms with E-state index < -0.39 is 23.8 Å². The van der Waals surface area contributed by atoms with Crippen molar-refractivity contribution in [2.75, 3.05) is 13.1 Å². The number of pyridine rings is 1. The van der Waals surface area contributed by atoms with Crippen LogP contribution < -0.4 is 4.74 Å². The number of rotatable bonds is 3. The normalized spacial score (nSPS) is 18.5. The molecule has 0 bridgehead atoms. The molecular weight excluding hydrogens is 404 g/mol. The number of benzene rings is 1. The second kappa shape index (κ2) is 7.64. The van der Waals surface area contributed by atoms with Crippen molar-refractivity contribution in [2.24, 2.45) is 5.10 Å². The molecule has 0 aliphatic carbocycles. The van der Waals surface area contributed by atoms with E-state index in [0.717, 1.165) is 12.3 Å². The predicted octanol–water partition coefficient (Wildman–Crippen LogP) is 3.50. The molecular formula is C19H14ClF2N5O2. The molecule has 1 aromatic heterocycles. The van der Waals surface area contributed by atoms with Crippen molar-refractivity contribution in [3.05, 3.63) is 58.4 Å². The van der Waals surface area contributed by atoms with E-state index in [4.69, 9.17) is 21.6 Å². The third kappa shape index (κ3) is 3.84. The Kier molecular flexibility index (Phi) is 5.03. The molecule has 2 aliphatic heterocycles. The van der Waals surface area contributed by atoms with Crippen LogP contribution in [0.15, 0.2) is 35.6 Å². The van der Waals surface area contributed by atoms with Crippen LogP contribution in [0.25, 0.3) is 0 Å². The minimum atomic E-state index is -0.636. The highest BCUT2D eigenvalue weighted by Crippen LogP contribution is 2.32. The van der Waals surface area contributed by atoms with Crippen LogP contribution in [0.2, 0.25) is 5.15 Å². The van der Waals surface area contributed by atoms with E-state index in [1.54, 1.807) is 12.3 Å². The van der Waals surface area contributed by atoms with Crippen LogP contribution in [0.1, 0.15) is 23.6 Å². The zero-order chi connectivity index (χ0) is 20.5. The molecule has 2 amide bonds. The predicted molar refractivity (Wildman–Crippen MR) is 99.4 cm³/mol. The zero-order valence-electron chi connectivity index (χ0n) is 14.9. The van der Waals surface area contributed by atoms with Gasteiger partial charge in [0.25, 0.3) is 0 Å². The number of carbonyl (C=O) groups excluding carboxylic acids is 1. The van der Waals surface area contributed by atoms with E-state index in [9.17, 15) is 13.6 Å². The molecule has 2 aromatic rings. The number of aromatic nitrogens is 1. The summed E-state index contributed by atoms with van der Waals surface area (Å²) in [6, 6.07) is 6.27. The van der Waals surface area contributed by atoms with Gasteiger partial charge in [0, 0.05) is 18.7 Å². The van der Waals surface area contributed by atoms with Crippen molar-refractivity contribution in [1.82, 2.24) is 14.9 Å². The van der Waals surface area contributed by atoms with Gasteiger partial charge in [-0.15, -0.1) is 0 Å². The minimum Gasteiger partial charge on any atom is -0.483 e. The van der Waals surface area contributed by atoms with E-state index >= 15 is 0 Å². The molecule has 0 unspecified atom stereocenters. The molecule has 10 heteroatoms. The smallest absolute Gasteiger partial charge is 0.341 e. The largest absolute Gasteiger partial charge is 0.483 e. The monoisotopic (exact) mass is 417 g/mol. The van der Waals surface area contributed by atoms with Crippen LogP contribution in [0, 0.1) is 23.0 Å². The summed E-state index contributed by atoms with van der Waals surface area (Å²) in [5, 5.41) is 14.5. The first-order valence-electron chi connectivity index (χ1n) is 8.73. The molecule has 0 N–H and O–H groups in total. The molecule has 0 radical (unpaired) electrons. The fraction of sp³-hybridized carbons (Fsp3) is 0.263. The summed E-state index contributed by atoms with van der Waals surface area (Å²) < 4.78 is 33.0. The number of halogens is 3. The van der Waals surface area contributed by atoms with Crippen molar-refractivity contribution < 1.29 is 18.3 Å². The highest BCUT2D eigenvalue weighted by molar-refractivity contribution is 6.29. The van der Waals surface area contributed by atoms with Gasteiger partial charge in [-0.3, -0.25) is 0 Å². The van der Waals surface area contributed by atoms with Crippen molar-refractivity contribution in [3.8, 4) is 11.8 Å². The van der Waals surface area contributed by atoms with Gasteiger partial charge in [0.2, 0.25) is 0 Å². The Bertz CT molecular complexity index is 1040. The maximum atomic E-state index is 13.8. The lowest BCUT2D eigenvalue weighted by Gasteiger charge is -2.41. The molecule has 3 heterocycles. The molecule has 1 aromatic carbocycles. The molecule has 1 saturated heterocycles. The summed E-state index contributed by atoms with van der Waals surface area (Å²) in [6.07, 6.45) is 2.56. The molecule has 1 fully saturated rings. The zero-order valence-corrected chi connectivity index (χ0v) is 15.7. The lowest BCUT2D eigenvalue weighted by atomic mass is 10.0. The Morgan fingerprint density at radius 3 is 2.83 bits per heavy atom. The highest BCUT2D eigenvalue weighted by Gasteiger charge is 2.39. The lowest BCUT2D eigenvalue weighted by Crippen LogP contribution is -2.58. The summed E-state index contributed by atoms with van der Waals surface area (Å²) in [7, 11) is 0. The van der Waals surface area contributed by atoms with Crippen molar-refractivity contribution in [2.45, 2.75) is 18.6 Å². The minimum absolute atomic E-state index is 0.0250. The Morgan fingerprint density at radius 2 is 2.07 bits per heavy atom. The van der Waals surface area contributed by atoms with E-state index in [1.807, 2.05) is 6.07 Å². The number of hydrogen-bond acceptors (Lipinski definition) is 5. The maximum Gasteiger partial charge on any atom is 0.341 e. The number of ether oxygens (including phenoxy) is 1. The van der Waals surface area contributed by atoms with Gasteiger partial charge in [0.1, 0.15) is 17.1 Å². The second-order valence-corrected chi connectivity index (χ2v) is 7.03. The van der Waals surface area contributed by atoms with Gasteiger partial charge >= 0.3 is 6.03 Å². The summed E-state index contributed by atoms with van der Waals surface area (Å²) in [4.78, 5) is 17.9. The fourth-order valence-corrected chi connectivity index (χ4v) is 3.37. The highest BCUT2D eigenvalue weighted by atomic mass is 35.5. The van der Waals surface area contributed by atoms with Gasteiger partial charge in [-0.25, -0.2) is 23.6 Å². The van der Waals surface area contributed by atoms with Gasteiger partial charge in [0.05, 0.1) is 37.0 Å². The number of amides is 2. The topological polar surface area (TPSA) is 81.8 Å². The summed E-state index contributed by atoms with van der Waals surface area (Å²) >= 11 is 5.74. The fourth-order valence-electron chi connectivity index (χ4n) is 3.22. The van der Waals surface area contributed by atoms with E-state index in [0.29, 0.717) is 12.0 Å². The first-order valence-corrected chi connectivity index (χ1v) is 9.11. The van der Waals surface area contributed by atoms with Crippen molar-refractivity contribution in [3.63, 3.8) is 0 Å². The van der Waals surface area contributed by atoms with Crippen molar-refractivity contribution in [1.29, 1.82) is 5.26 Å². The van der Waals surface area contributed by atoms with Crippen LogP contribution in [0.5, 0.6) is 5.75 Å². The summed E-state index contributed by atoms with van der Waals surface area (Å²) in [5.74, 6) is -1.21. The summed E-state index contributed by atoms with van der Waals surface area (Å²) in [6.45, 7) is 0.479. The number of urea groups is 1.